The molecule has 4 rings (SSSR count). The van der Waals surface area contributed by atoms with Crippen LogP contribution in [0.5, 0.6) is 0 Å². The first-order chi connectivity index (χ1) is 14.0. The normalized spacial score (nSPS) is 17.8. The van der Waals surface area contributed by atoms with Crippen LogP contribution in [-0.2, 0) is 9.59 Å². The summed E-state index contributed by atoms with van der Waals surface area (Å²) in [5, 5.41) is 7.81. The number of halogens is 1. The van der Waals surface area contributed by atoms with Gasteiger partial charge in [-0.3, -0.25) is 14.5 Å². The molecule has 2 N–H and O–H groups in total. The number of amides is 4. The second kappa shape index (κ2) is 7.90. The van der Waals surface area contributed by atoms with Gasteiger partial charge in [-0.15, -0.1) is 11.3 Å². The van der Waals surface area contributed by atoms with Crippen molar-refractivity contribution in [2.45, 2.75) is 44.1 Å². The van der Waals surface area contributed by atoms with Crippen molar-refractivity contribution < 1.29 is 18.8 Å². The van der Waals surface area contributed by atoms with E-state index in [1.165, 1.54) is 28.4 Å². The number of rotatable bonds is 6. The SMILES string of the molecule is O=C(CCCN1C(=O)NC2(CCCC2)C1=O)Nc1nc(-c2ccc(F)cc2)cs1. The van der Waals surface area contributed by atoms with Crippen LogP contribution < -0.4 is 10.6 Å². The van der Waals surface area contributed by atoms with Crippen molar-refractivity contribution in [1.82, 2.24) is 15.2 Å². The van der Waals surface area contributed by atoms with Gasteiger partial charge >= 0.3 is 6.03 Å². The summed E-state index contributed by atoms with van der Waals surface area (Å²) in [6.07, 6.45) is 3.82. The van der Waals surface area contributed by atoms with Crippen molar-refractivity contribution in [3.63, 3.8) is 0 Å². The third-order valence-corrected chi connectivity index (χ3v) is 6.14. The van der Waals surface area contributed by atoms with E-state index in [4.69, 9.17) is 0 Å². The summed E-state index contributed by atoms with van der Waals surface area (Å²) in [6, 6.07) is 5.62. The Balaban J connectivity index is 1.27. The molecule has 1 saturated heterocycles. The predicted molar refractivity (Wildman–Crippen MR) is 107 cm³/mol. The number of benzene rings is 1. The van der Waals surface area contributed by atoms with E-state index in [1.807, 2.05) is 0 Å². The van der Waals surface area contributed by atoms with Gasteiger partial charge in [-0.2, -0.15) is 0 Å². The van der Waals surface area contributed by atoms with Crippen LogP contribution in [-0.4, -0.2) is 39.8 Å². The van der Waals surface area contributed by atoms with Crippen LogP contribution in [0.25, 0.3) is 11.3 Å². The van der Waals surface area contributed by atoms with Gasteiger partial charge in [0.15, 0.2) is 5.13 Å². The number of hydrogen-bond acceptors (Lipinski definition) is 5. The lowest BCUT2D eigenvalue weighted by Crippen LogP contribution is -2.44. The maximum Gasteiger partial charge on any atom is 0.325 e. The van der Waals surface area contributed by atoms with Gasteiger partial charge in [0.2, 0.25) is 5.91 Å². The summed E-state index contributed by atoms with van der Waals surface area (Å²) in [7, 11) is 0. The molecule has 2 aliphatic rings. The average Bonchev–Trinajstić information content (AvgIpc) is 3.40. The Kier molecular flexibility index (Phi) is 5.31. The standard InChI is InChI=1S/C20H21FN4O3S/c21-14-7-5-13(6-8-14)15-12-29-18(22-15)23-16(26)4-3-11-25-17(27)20(24-19(25)28)9-1-2-10-20/h5-8,12H,1-4,9-11H2,(H,24,28)(H,22,23,26). The molecule has 1 spiro atoms. The maximum absolute atomic E-state index is 13.0. The Labute approximate surface area is 171 Å². The van der Waals surface area contributed by atoms with Gasteiger partial charge in [0.25, 0.3) is 5.91 Å². The van der Waals surface area contributed by atoms with Gasteiger partial charge in [-0.25, -0.2) is 14.2 Å². The van der Waals surface area contributed by atoms with Crippen molar-refractivity contribution in [3.05, 3.63) is 35.5 Å². The fraction of sp³-hybridized carbons (Fsp3) is 0.400. The monoisotopic (exact) mass is 416 g/mol. The Morgan fingerprint density at radius 3 is 2.69 bits per heavy atom. The van der Waals surface area contributed by atoms with Gasteiger partial charge in [0.1, 0.15) is 11.4 Å². The van der Waals surface area contributed by atoms with Crippen LogP contribution in [0.4, 0.5) is 14.3 Å². The average molecular weight is 416 g/mol. The molecule has 2 fully saturated rings. The van der Waals surface area contributed by atoms with Crippen molar-refractivity contribution in [2.75, 3.05) is 11.9 Å². The van der Waals surface area contributed by atoms with Crippen LogP contribution in [0.15, 0.2) is 29.6 Å². The highest BCUT2D eigenvalue weighted by molar-refractivity contribution is 7.14. The molecule has 1 saturated carbocycles. The van der Waals surface area contributed by atoms with Crippen molar-refractivity contribution in [1.29, 1.82) is 0 Å². The number of hydrogen-bond donors (Lipinski definition) is 2. The lowest BCUT2D eigenvalue weighted by atomic mass is 9.98. The molecular formula is C20H21FN4O3S. The third kappa shape index (κ3) is 4.00. The third-order valence-electron chi connectivity index (χ3n) is 5.38. The number of nitrogens with zero attached hydrogens (tertiary/aromatic N) is 2. The number of thiazole rings is 1. The molecule has 0 bridgehead atoms. The number of urea groups is 1. The Hall–Kier alpha value is -2.81. The Morgan fingerprint density at radius 2 is 1.97 bits per heavy atom. The molecule has 4 amide bonds. The largest absolute Gasteiger partial charge is 0.325 e. The molecule has 2 heterocycles. The number of nitrogens with one attached hydrogen (secondary N) is 2. The van der Waals surface area contributed by atoms with Gasteiger partial charge in [0.05, 0.1) is 5.69 Å². The van der Waals surface area contributed by atoms with Gasteiger partial charge in [-0.1, -0.05) is 12.8 Å². The smallest absolute Gasteiger partial charge is 0.323 e. The number of carbonyl (C=O) groups is 3. The molecule has 152 valence electrons. The van der Waals surface area contributed by atoms with E-state index in [2.05, 4.69) is 15.6 Å². The zero-order valence-electron chi connectivity index (χ0n) is 15.7. The fourth-order valence-corrected chi connectivity index (χ4v) is 4.60. The van der Waals surface area contributed by atoms with E-state index in [0.29, 0.717) is 30.1 Å². The molecule has 0 unspecified atom stereocenters. The first-order valence-electron chi connectivity index (χ1n) is 9.62. The van der Waals surface area contributed by atoms with Crippen molar-refractivity contribution >= 4 is 34.3 Å². The molecule has 9 heteroatoms. The van der Waals surface area contributed by atoms with E-state index in [1.54, 1.807) is 17.5 Å². The maximum atomic E-state index is 13.0. The minimum absolute atomic E-state index is 0.163. The first kappa shape index (κ1) is 19.5. The van der Waals surface area contributed by atoms with E-state index >= 15 is 0 Å². The van der Waals surface area contributed by atoms with Gasteiger partial charge in [-0.05, 0) is 43.5 Å². The molecule has 1 aromatic heterocycles. The van der Waals surface area contributed by atoms with Crippen LogP contribution in [0, 0.1) is 5.82 Å². The minimum Gasteiger partial charge on any atom is -0.323 e. The van der Waals surface area contributed by atoms with Crippen molar-refractivity contribution in [2.24, 2.45) is 0 Å². The molecule has 29 heavy (non-hydrogen) atoms. The fourth-order valence-electron chi connectivity index (χ4n) is 3.86. The van der Waals surface area contributed by atoms with Crippen LogP contribution in [0.2, 0.25) is 0 Å². The Bertz CT molecular complexity index is 937. The molecule has 1 aliphatic heterocycles. The highest BCUT2D eigenvalue weighted by Crippen LogP contribution is 2.35. The van der Waals surface area contributed by atoms with Crippen LogP contribution in [0.1, 0.15) is 38.5 Å². The molecule has 1 aromatic carbocycles. The first-order valence-corrected chi connectivity index (χ1v) is 10.5. The number of carbonyl (C=O) groups excluding carboxylic acids is 3. The molecule has 1 aliphatic carbocycles. The quantitative estimate of drug-likeness (QED) is 0.705. The van der Waals surface area contributed by atoms with Crippen LogP contribution >= 0.6 is 11.3 Å². The predicted octanol–water partition coefficient (Wildman–Crippen LogP) is 3.53. The zero-order valence-corrected chi connectivity index (χ0v) is 16.6. The van der Waals surface area contributed by atoms with E-state index in [0.717, 1.165) is 18.4 Å². The molecular weight excluding hydrogens is 395 g/mol. The second-order valence-corrected chi connectivity index (χ2v) is 8.23. The minimum atomic E-state index is -0.711. The number of imide groups is 1. The Morgan fingerprint density at radius 1 is 1.24 bits per heavy atom. The van der Waals surface area contributed by atoms with E-state index in [-0.39, 0.29) is 36.6 Å². The van der Waals surface area contributed by atoms with Gasteiger partial charge < -0.3 is 10.6 Å². The molecule has 0 atom stereocenters. The summed E-state index contributed by atoms with van der Waals surface area (Å²) in [5.41, 5.74) is 0.714. The highest BCUT2D eigenvalue weighted by Gasteiger charge is 2.52. The van der Waals surface area contributed by atoms with Gasteiger partial charge in [0, 0.05) is 23.9 Å². The molecule has 2 aromatic rings. The lowest BCUT2D eigenvalue weighted by Gasteiger charge is -2.19. The highest BCUT2D eigenvalue weighted by atomic mass is 32.1. The summed E-state index contributed by atoms with van der Waals surface area (Å²) >= 11 is 1.28. The van der Waals surface area contributed by atoms with Crippen LogP contribution in [0.3, 0.4) is 0 Å². The zero-order chi connectivity index (χ0) is 20.4. The summed E-state index contributed by atoms with van der Waals surface area (Å²) in [6.45, 7) is 0.221. The summed E-state index contributed by atoms with van der Waals surface area (Å²) < 4.78 is 13.0. The molecule has 7 nitrogen and oxygen atoms in total. The second-order valence-electron chi connectivity index (χ2n) is 7.37. The van der Waals surface area contributed by atoms with E-state index < -0.39 is 5.54 Å². The summed E-state index contributed by atoms with van der Waals surface area (Å²) in [5.74, 6) is -0.710. The van der Waals surface area contributed by atoms with E-state index in [9.17, 15) is 18.8 Å². The topological polar surface area (TPSA) is 91.4 Å². The number of aromatic nitrogens is 1. The number of anilines is 1. The van der Waals surface area contributed by atoms with Crippen molar-refractivity contribution in [3.8, 4) is 11.3 Å². The molecule has 0 radical (unpaired) electrons. The lowest BCUT2D eigenvalue weighted by molar-refractivity contribution is -0.131. The summed E-state index contributed by atoms with van der Waals surface area (Å²) in [4.78, 5) is 42.5.